The second kappa shape index (κ2) is 9.24. The molecule has 0 bridgehead atoms. The number of rotatable bonds is 7. The Labute approximate surface area is 168 Å². The van der Waals surface area contributed by atoms with Crippen molar-refractivity contribution in [3.8, 4) is 0 Å². The molecule has 1 heterocycles. The molecular weight excluding hydrogens is 377 g/mol. The minimum atomic E-state index is -0.262. The fourth-order valence-corrected chi connectivity index (χ4v) is 3.01. The number of carbonyl (C=O) groups is 1. The summed E-state index contributed by atoms with van der Waals surface area (Å²) in [6.07, 6.45) is 3.60. The molecule has 2 amide bonds. The smallest absolute Gasteiger partial charge is 0.322 e. The van der Waals surface area contributed by atoms with Crippen LogP contribution in [0.25, 0.3) is 0 Å². The minimum Gasteiger partial charge on any atom is -0.345 e. The van der Waals surface area contributed by atoms with Crippen LogP contribution in [0, 0.1) is 5.82 Å². The quantitative estimate of drug-likeness (QED) is 0.521. The lowest BCUT2D eigenvalue weighted by molar-refractivity contribution is 0.214. The number of hydrogen-bond acceptors (Lipinski definition) is 1. The average molecular weight is 398 g/mol. The van der Waals surface area contributed by atoms with Crippen LogP contribution in [0.15, 0.2) is 79.5 Å². The Morgan fingerprint density at radius 2 is 1.96 bits per heavy atom. The SMILES string of the molecule is C=CCN(Cc1cccn1Cc1cccc(F)c1)C(=O)Nc1ccc(Cl)cc1. The van der Waals surface area contributed by atoms with Crippen LogP contribution in [0.2, 0.25) is 5.02 Å². The van der Waals surface area contributed by atoms with Crippen molar-refractivity contribution in [1.29, 1.82) is 0 Å². The fourth-order valence-electron chi connectivity index (χ4n) is 2.89. The summed E-state index contributed by atoms with van der Waals surface area (Å²) in [4.78, 5) is 14.4. The summed E-state index contributed by atoms with van der Waals surface area (Å²) in [5.74, 6) is -0.262. The molecule has 1 aromatic heterocycles. The van der Waals surface area contributed by atoms with Gasteiger partial charge in [0.15, 0.2) is 0 Å². The number of halogens is 2. The molecule has 0 saturated carbocycles. The van der Waals surface area contributed by atoms with Gasteiger partial charge in [0.25, 0.3) is 0 Å². The third-order valence-corrected chi connectivity index (χ3v) is 4.50. The molecule has 28 heavy (non-hydrogen) atoms. The first-order valence-electron chi connectivity index (χ1n) is 8.86. The van der Waals surface area contributed by atoms with Gasteiger partial charge >= 0.3 is 6.03 Å². The predicted molar refractivity (Wildman–Crippen MR) is 111 cm³/mol. The van der Waals surface area contributed by atoms with Crippen LogP contribution < -0.4 is 5.32 Å². The molecule has 3 rings (SSSR count). The molecule has 0 fully saturated rings. The second-order valence-corrected chi connectivity index (χ2v) is 6.80. The van der Waals surface area contributed by atoms with E-state index in [0.717, 1.165) is 11.3 Å². The lowest BCUT2D eigenvalue weighted by Crippen LogP contribution is -2.35. The van der Waals surface area contributed by atoms with Gasteiger partial charge in [0, 0.05) is 35.7 Å². The summed E-state index contributed by atoms with van der Waals surface area (Å²) in [6.45, 7) is 5.06. The predicted octanol–water partition coefficient (Wildman–Crippen LogP) is 5.55. The number of aromatic nitrogens is 1. The standard InChI is InChI=1S/C22H21ClFN3O/c1-2-12-27(22(28)25-20-10-8-18(23)9-11-20)16-21-7-4-13-26(21)15-17-5-3-6-19(24)14-17/h2-11,13-14H,1,12,15-16H2,(H,25,28). The zero-order chi connectivity index (χ0) is 19.9. The highest BCUT2D eigenvalue weighted by molar-refractivity contribution is 6.30. The van der Waals surface area contributed by atoms with Crippen molar-refractivity contribution in [2.45, 2.75) is 13.1 Å². The summed E-state index contributed by atoms with van der Waals surface area (Å²) < 4.78 is 15.5. The van der Waals surface area contributed by atoms with Gasteiger partial charge in [0.2, 0.25) is 0 Å². The molecule has 0 radical (unpaired) electrons. The van der Waals surface area contributed by atoms with E-state index in [1.807, 2.05) is 29.0 Å². The Morgan fingerprint density at radius 3 is 2.68 bits per heavy atom. The van der Waals surface area contributed by atoms with Crippen LogP contribution in [0.4, 0.5) is 14.9 Å². The van der Waals surface area contributed by atoms with Gasteiger partial charge in [-0.05, 0) is 54.1 Å². The van der Waals surface area contributed by atoms with Crippen molar-refractivity contribution in [2.24, 2.45) is 0 Å². The molecule has 0 aliphatic heterocycles. The number of urea groups is 1. The first kappa shape index (κ1) is 19.7. The van der Waals surface area contributed by atoms with Gasteiger partial charge in [-0.2, -0.15) is 0 Å². The fraction of sp³-hybridized carbons (Fsp3) is 0.136. The molecule has 0 atom stereocenters. The van der Waals surface area contributed by atoms with Gasteiger partial charge in [-0.1, -0.05) is 29.8 Å². The zero-order valence-electron chi connectivity index (χ0n) is 15.3. The van der Waals surface area contributed by atoms with E-state index in [0.29, 0.717) is 30.3 Å². The Kier molecular flexibility index (Phi) is 6.50. The number of amides is 2. The number of anilines is 1. The van der Waals surface area contributed by atoms with Crippen LogP contribution >= 0.6 is 11.6 Å². The zero-order valence-corrected chi connectivity index (χ0v) is 16.1. The summed E-state index contributed by atoms with van der Waals surface area (Å²) >= 11 is 5.89. The molecule has 4 nitrogen and oxygen atoms in total. The lowest BCUT2D eigenvalue weighted by Gasteiger charge is -2.23. The molecule has 2 aromatic carbocycles. The molecular formula is C22H21ClFN3O. The molecule has 1 N–H and O–H groups in total. The van der Waals surface area contributed by atoms with Gasteiger partial charge in [0.05, 0.1) is 6.54 Å². The van der Waals surface area contributed by atoms with E-state index >= 15 is 0 Å². The lowest BCUT2D eigenvalue weighted by atomic mass is 10.2. The van der Waals surface area contributed by atoms with Crippen molar-refractivity contribution < 1.29 is 9.18 Å². The largest absolute Gasteiger partial charge is 0.345 e. The molecule has 0 unspecified atom stereocenters. The summed E-state index contributed by atoms with van der Waals surface area (Å²) in [5.41, 5.74) is 2.47. The van der Waals surface area contributed by atoms with Crippen molar-refractivity contribution in [2.75, 3.05) is 11.9 Å². The average Bonchev–Trinajstić information content (AvgIpc) is 3.10. The molecule has 6 heteroatoms. The molecule has 0 saturated heterocycles. The first-order chi connectivity index (χ1) is 13.5. The minimum absolute atomic E-state index is 0.235. The highest BCUT2D eigenvalue weighted by Crippen LogP contribution is 2.16. The van der Waals surface area contributed by atoms with Gasteiger partial charge in [0.1, 0.15) is 5.82 Å². The maximum absolute atomic E-state index is 13.5. The normalized spacial score (nSPS) is 10.5. The van der Waals surface area contributed by atoms with Gasteiger partial charge in [-0.15, -0.1) is 6.58 Å². The van der Waals surface area contributed by atoms with E-state index in [2.05, 4.69) is 11.9 Å². The van der Waals surface area contributed by atoms with Gasteiger partial charge in [-0.25, -0.2) is 9.18 Å². The van der Waals surface area contributed by atoms with Crippen LogP contribution in [-0.2, 0) is 13.1 Å². The van der Waals surface area contributed by atoms with Crippen molar-refractivity contribution in [1.82, 2.24) is 9.47 Å². The monoisotopic (exact) mass is 397 g/mol. The van der Waals surface area contributed by atoms with Crippen molar-refractivity contribution >= 4 is 23.3 Å². The summed E-state index contributed by atoms with van der Waals surface area (Å²) in [7, 11) is 0. The molecule has 3 aromatic rings. The Balaban J connectivity index is 1.72. The highest BCUT2D eigenvalue weighted by Gasteiger charge is 2.15. The second-order valence-electron chi connectivity index (χ2n) is 6.36. The number of carbonyl (C=O) groups excluding carboxylic acids is 1. The van der Waals surface area contributed by atoms with E-state index in [-0.39, 0.29) is 11.8 Å². The summed E-state index contributed by atoms with van der Waals surface area (Å²) in [5, 5.41) is 3.47. The first-order valence-corrected chi connectivity index (χ1v) is 9.24. The third kappa shape index (κ3) is 5.24. The summed E-state index contributed by atoms with van der Waals surface area (Å²) in [6, 6.07) is 17.1. The van der Waals surface area contributed by atoms with Crippen LogP contribution in [0.3, 0.4) is 0 Å². The van der Waals surface area contributed by atoms with Gasteiger partial charge < -0.3 is 14.8 Å². The van der Waals surface area contributed by atoms with E-state index in [4.69, 9.17) is 11.6 Å². The van der Waals surface area contributed by atoms with Gasteiger partial charge in [-0.3, -0.25) is 0 Å². The van der Waals surface area contributed by atoms with Crippen LogP contribution in [-0.4, -0.2) is 22.0 Å². The Hall–Kier alpha value is -3.05. The molecule has 0 aliphatic carbocycles. The molecule has 0 aliphatic rings. The topological polar surface area (TPSA) is 37.3 Å². The molecule has 144 valence electrons. The number of nitrogens with zero attached hydrogens (tertiary/aromatic N) is 2. The number of benzene rings is 2. The highest BCUT2D eigenvalue weighted by atomic mass is 35.5. The van der Waals surface area contributed by atoms with E-state index in [9.17, 15) is 9.18 Å². The number of hydrogen-bond donors (Lipinski definition) is 1. The van der Waals surface area contributed by atoms with Crippen molar-refractivity contribution in [3.63, 3.8) is 0 Å². The van der Waals surface area contributed by atoms with Crippen LogP contribution in [0.1, 0.15) is 11.3 Å². The third-order valence-electron chi connectivity index (χ3n) is 4.25. The Bertz CT molecular complexity index is 952. The molecule has 0 spiro atoms. The maximum Gasteiger partial charge on any atom is 0.322 e. The maximum atomic E-state index is 13.5. The van der Waals surface area contributed by atoms with E-state index in [1.165, 1.54) is 12.1 Å². The van der Waals surface area contributed by atoms with E-state index in [1.54, 1.807) is 41.3 Å². The van der Waals surface area contributed by atoms with Crippen molar-refractivity contribution in [3.05, 3.63) is 102 Å². The van der Waals surface area contributed by atoms with E-state index < -0.39 is 0 Å². The van der Waals surface area contributed by atoms with Crippen LogP contribution in [0.5, 0.6) is 0 Å². The number of nitrogens with one attached hydrogen (secondary N) is 1. The Morgan fingerprint density at radius 1 is 1.18 bits per heavy atom.